The second-order valence-electron chi connectivity index (χ2n) is 4.24. The number of thioether (sulfide) groups is 1. The standard InChI is InChI=1S/C14H11FN4OS/c15-9-2-1-3-11(6-9)21-8-13-18-14(20-19-13)12-5-4-10(16)7-17-12/h1-7H,8,16H2. The molecule has 0 radical (unpaired) electrons. The van der Waals surface area contributed by atoms with Crippen LogP contribution in [0.15, 0.2) is 52.0 Å². The van der Waals surface area contributed by atoms with Crippen LogP contribution in [0.2, 0.25) is 0 Å². The van der Waals surface area contributed by atoms with Gasteiger partial charge in [-0.05, 0) is 30.3 Å². The molecule has 0 aliphatic heterocycles. The zero-order chi connectivity index (χ0) is 14.7. The summed E-state index contributed by atoms with van der Waals surface area (Å²) in [5.74, 6) is 1.09. The van der Waals surface area contributed by atoms with Crippen molar-refractivity contribution in [3.8, 4) is 11.6 Å². The summed E-state index contributed by atoms with van der Waals surface area (Å²) in [7, 11) is 0. The second kappa shape index (κ2) is 5.92. The van der Waals surface area contributed by atoms with E-state index in [-0.39, 0.29) is 5.82 Å². The lowest BCUT2D eigenvalue weighted by molar-refractivity contribution is 0.424. The predicted octanol–water partition coefficient (Wildman–Crippen LogP) is 3.15. The number of hydrogen-bond donors (Lipinski definition) is 1. The zero-order valence-corrected chi connectivity index (χ0v) is 11.7. The second-order valence-corrected chi connectivity index (χ2v) is 5.29. The number of nitrogens with zero attached hydrogens (tertiary/aromatic N) is 3. The molecule has 0 aliphatic rings. The lowest BCUT2D eigenvalue weighted by Crippen LogP contribution is -1.89. The summed E-state index contributed by atoms with van der Waals surface area (Å²) in [6.45, 7) is 0. The summed E-state index contributed by atoms with van der Waals surface area (Å²) in [4.78, 5) is 9.18. The number of pyridine rings is 1. The van der Waals surface area contributed by atoms with Gasteiger partial charge in [0.25, 0.3) is 5.89 Å². The molecule has 3 rings (SSSR count). The Labute approximate surface area is 124 Å². The molecule has 0 fully saturated rings. The van der Waals surface area contributed by atoms with E-state index in [2.05, 4.69) is 15.1 Å². The monoisotopic (exact) mass is 302 g/mol. The van der Waals surface area contributed by atoms with Crippen LogP contribution < -0.4 is 5.73 Å². The maximum Gasteiger partial charge on any atom is 0.276 e. The van der Waals surface area contributed by atoms with Crippen LogP contribution in [0.5, 0.6) is 0 Å². The molecule has 3 aromatic rings. The molecule has 7 heteroatoms. The minimum Gasteiger partial charge on any atom is -0.397 e. The fraction of sp³-hybridized carbons (Fsp3) is 0.0714. The Morgan fingerprint density at radius 3 is 2.90 bits per heavy atom. The van der Waals surface area contributed by atoms with E-state index < -0.39 is 0 Å². The molecule has 21 heavy (non-hydrogen) atoms. The van der Waals surface area contributed by atoms with Crippen LogP contribution in [0.25, 0.3) is 11.6 Å². The molecule has 0 atom stereocenters. The maximum absolute atomic E-state index is 13.1. The Bertz CT molecular complexity index is 745. The molecule has 0 unspecified atom stereocenters. The van der Waals surface area contributed by atoms with E-state index in [1.165, 1.54) is 30.1 Å². The van der Waals surface area contributed by atoms with Crippen LogP contribution in [0.3, 0.4) is 0 Å². The van der Waals surface area contributed by atoms with Crippen molar-refractivity contribution in [2.75, 3.05) is 5.73 Å². The molecule has 106 valence electrons. The van der Waals surface area contributed by atoms with Gasteiger partial charge in [-0.3, -0.25) is 0 Å². The number of anilines is 1. The molecule has 2 N–H and O–H groups in total. The van der Waals surface area contributed by atoms with Crippen molar-refractivity contribution in [2.45, 2.75) is 10.6 Å². The average Bonchev–Trinajstić information content (AvgIpc) is 2.95. The molecule has 0 saturated carbocycles. The lowest BCUT2D eigenvalue weighted by Gasteiger charge is -1.97. The highest BCUT2D eigenvalue weighted by Gasteiger charge is 2.10. The van der Waals surface area contributed by atoms with Crippen LogP contribution in [-0.2, 0) is 5.75 Å². The quantitative estimate of drug-likeness (QED) is 0.746. The molecule has 2 aromatic heterocycles. The average molecular weight is 302 g/mol. The Morgan fingerprint density at radius 1 is 1.24 bits per heavy atom. The van der Waals surface area contributed by atoms with Gasteiger partial charge < -0.3 is 10.3 Å². The Morgan fingerprint density at radius 2 is 2.14 bits per heavy atom. The van der Waals surface area contributed by atoms with Gasteiger partial charge in [0.1, 0.15) is 11.5 Å². The Hall–Kier alpha value is -2.41. The third-order valence-corrected chi connectivity index (χ3v) is 3.63. The first-order valence-corrected chi connectivity index (χ1v) is 7.12. The SMILES string of the molecule is Nc1ccc(-c2nc(CSc3cccc(F)c3)no2)nc1. The maximum atomic E-state index is 13.1. The smallest absolute Gasteiger partial charge is 0.276 e. The topological polar surface area (TPSA) is 77.8 Å². The summed E-state index contributed by atoms with van der Waals surface area (Å²) < 4.78 is 18.2. The van der Waals surface area contributed by atoms with Crippen molar-refractivity contribution >= 4 is 17.4 Å². The fourth-order valence-corrected chi connectivity index (χ4v) is 2.44. The number of halogens is 1. The largest absolute Gasteiger partial charge is 0.397 e. The Kier molecular flexibility index (Phi) is 3.83. The Balaban J connectivity index is 1.69. The zero-order valence-electron chi connectivity index (χ0n) is 10.9. The van der Waals surface area contributed by atoms with Gasteiger partial charge in [0.2, 0.25) is 0 Å². The molecule has 5 nitrogen and oxygen atoms in total. The molecule has 0 spiro atoms. The highest BCUT2D eigenvalue weighted by Crippen LogP contribution is 2.23. The molecular formula is C14H11FN4OS. The van der Waals surface area contributed by atoms with E-state index in [4.69, 9.17) is 10.3 Å². The van der Waals surface area contributed by atoms with E-state index in [0.717, 1.165) is 4.90 Å². The van der Waals surface area contributed by atoms with Crippen LogP contribution in [0.4, 0.5) is 10.1 Å². The van der Waals surface area contributed by atoms with Crippen molar-refractivity contribution in [3.63, 3.8) is 0 Å². The van der Waals surface area contributed by atoms with Crippen molar-refractivity contribution in [3.05, 3.63) is 54.2 Å². The summed E-state index contributed by atoms with van der Waals surface area (Å²) >= 11 is 1.43. The summed E-state index contributed by atoms with van der Waals surface area (Å²) in [6.07, 6.45) is 1.53. The number of aromatic nitrogens is 3. The van der Waals surface area contributed by atoms with Crippen LogP contribution in [0, 0.1) is 5.82 Å². The van der Waals surface area contributed by atoms with Gasteiger partial charge in [0.05, 0.1) is 17.6 Å². The molecule has 0 aliphatic carbocycles. The predicted molar refractivity (Wildman–Crippen MR) is 77.9 cm³/mol. The van der Waals surface area contributed by atoms with E-state index in [0.29, 0.717) is 28.8 Å². The lowest BCUT2D eigenvalue weighted by atomic mass is 10.3. The van der Waals surface area contributed by atoms with Crippen molar-refractivity contribution < 1.29 is 8.91 Å². The van der Waals surface area contributed by atoms with Gasteiger partial charge in [-0.15, -0.1) is 11.8 Å². The molecular weight excluding hydrogens is 291 g/mol. The minimum atomic E-state index is -0.264. The van der Waals surface area contributed by atoms with Gasteiger partial charge in [-0.2, -0.15) is 4.98 Å². The number of nitrogen functional groups attached to an aromatic ring is 1. The summed E-state index contributed by atoms with van der Waals surface area (Å²) in [6, 6.07) is 9.80. The van der Waals surface area contributed by atoms with Crippen molar-refractivity contribution in [2.24, 2.45) is 0 Å². The van der Waals surface area contributed by atoms with Crippen LogP contribution in [-0.4, -0.2) is 15.1 Å². The first-order chi connectivity index (χ1) is 10.2. The van der Waals surface area contributed by atoms with Gasteiger partial charge in [-0.25, -0.2) is 9.37 Å². The normalized spacial score (nSPS) is 10.7. The number of benzene rings is 1. The molecule has 2 heterocycles. The third kappa shape index (κ3) is 3.38. The van der Waals surface area contributed by atoms with Gasteiger partial charge >= 0.3 is 0 Å². The van der Waals surface area contributed by atoms with Crippen LogP contribution >= 0.6 is 11.8 Å². The number of rotatable bonds is 4. The van der Waals surface area contributed by atoms with Gasteiger partial charge in [0, 0.05) is 4.90 Å². The highest BCUT2D eigenvalue weighted by molar-refractivity contribution is 7.98. The minimum absolute atomic E-state index is 0.264. The number of hydrogen-bond acceptors (Lipinski definition) is 6. The van der Waals surface area contributed by atoms with Crippen molar-refractivity contribution in [1.29, 1.82) is 0 Å². The van der Waals surface area contributed by atoms with Crippen molar-refractivity contribution in [1.82, 2.24) is 15.1 Å². The molecule has 0 amide bonds. The van der Waals surface area contributed by atoms with Crippen LogP contribution in [0.1, 0.15) is 5.82 Å². The molecule has 0 saturated heterocycles. The summed E-state index contributed by atoms with van der Waals surface area (Å²) in [5, 5.41) is 3.88. The van der Waals surface area contributed by atoms with E-state index in [9.17, 15) is 4.39 Å². The third-order valence-electron chi connectivity index (χ3n) is 2.64. The van der Waals surface area contributed by atoms with Gasteiger partial charge in [-0.1, -0.05) is 11.2 Å². The van der Waals surface area contributed by atoms with E-state index >= 15 is 0 Å². The fourth-order valence-electron chi connectivity index (χ4n) is 1.65. The molecule has 0 bridgehead atoms. The van der Waals surface area contributed by atoms with E-state index in [1.807, 2.05) is 6.07 Å². The highest BCUT2D eigenvalue weighted by atomic mass is 32.2. The number of nitrogens with two attached hydrogens (primary N) is 1. The van der Waals surface area contributed by atoms with E-state index in [1.54, 1.807) is 18.2 Å². The first-order valence-electron chi connectivity index (χ1n) is 6.13. The molecule has 1 aromatic carbocycles. The summed E-state index contributed by atoms with van der Waals surface area (Å²) in [5.41, 5.74) is 6.71. The van der Waals surface area contributed by atoms with Gasteiger partial charge in [0.15, 0.2) is 5.82 Å². The first kappa shape index (κ1) is 13.6.